The normalized spacial score (nSPS) is 25.0. The van der Waals surface area contributed by atoms with E-state index < -0.39 is 0 Å². The lowest BCUT2D eigenvalue weighted by molar-refractivity contribution is -0.140. The van der Waals surface area contributed by atoms with E-state index in [1.165, 1.54) is 45.9 Å². The summed E-state index contributed by atoms with van der Waals surface area (Å²) in [7, 11) is 1.44. The molecule has 5 nitrogen and oxygen atoms in total. The van der Waals surface area contributed by atoms with Crippen molar-refractivity contribution in [1.82, 2.24) is 10.2 Å². The Bertz CT molecular complexity index is 370. The van der Waals surface area contributed by atoms with Crippen LogP contribution < -0.4 is 5.32 Å². The molecule has 1 saturated heterocycles. The van der Waals surface area contributed by atoms with E-state index in [0.717, 1.165) is 43.7 Å². The molecule has 0 aromatic heterocycles. The minimum atomic E-state index is -0.125. The molecule has 2 atom stereocenters. The number of methoxy groups -OCH3 is 1. The van der Waals surface area contributed by atoms with Gasteiger partial charge in [-0.1, -0.05) is 12.8 Å². The minimum Gasteiger partial charge on any atom is -0.469 e. The van der Waals surface area contributed by atoms with Crippen LogP contribution in [0.15, 0.2) is 4.99 Å². The van der Waals surface area contributed by atoms with Crippen molar-refractivity contribution < 1.29 is 9.53 Å². The number of carbonyl (C=O) groups is 1. The lowest BCUT2D eigenvalue weighted by atomic mass is 9.82. The maximum atomic E-state index is 11.1. The standard InChI is InChI=1S/C17H31N3O2/c1-3-18-17(19-11-7-6-10-16(21)22-2)20-12-14-8-4-5-9-15(14)13-20/h14-15H,3-13H2,1-2H3,(H,18,19). The van der Waals surface area contributed by atoms with Gasteiger partial charge in [0.2, 0.25) is 0 Å². The zero-order valence-electron chi connectivity index (χ0n) is 14.1. The van der Waals surface area contributed by atoms with Crippen molar-refractivity contribution in [3.05, 3.63) is 0 Å². The smallest absolute Gasteiger partial charge is 0.305 e. The molecule has 0 aromatic rings. The highest BCUT2D eigenvalue weighted by Gasteiger charge is 2.35. The Morgan fingerprint density at radius 1 is 1.23 bits per heavy atom. The molecule has 0 amide bonds. The second-order valence-electron chi connectivity index (χ2n) is 6.48. The second kappa shape index (κ2) is 9.01. The number of nitrogens with zero attached hydrogens (tertiary/aromatic N) is 2. The molecule has 1 N–H and O–H groups in total. The van der Waals surface area contributed by atoms with Gasteiger partial charge in [-0.25, -0.2) is 0 Å². The SMILES string of the molecule is CCNC(=NCCCCC(=O)OC)N1CC2CCCCC2C1. The first kappa shape index (κ1) is 17.1. The van der Waals surface area contributed by atoms with Crippen LogP contribution in [0, 0.1) is 11.8 Å². The summed E-state index contributed by atoms with van der Waals surface area (Å²) in [5, 5.41) is 3.43. The van der Waals surface area contributed by atoms with Gasteiger partial charge < -0.3 is 15.0 Å². The van der Waals surface area contributed by atoms with Crippen LogP contribution in [-0.4, -0.2) is 50.1 Å². The Labute approximate surface area is 134 Å². The number of esters is 1. The molecule has 5 heteroatoms. The van der Waals surface area contributed by atoms with E-state index in [1.54, 1.807) is 0 Å². The summed E-state index contributed by atoms with van der Waals surface area (Å²) in [4.78, 5) is 18.3. The molecule has 1 heterocycles. The maximum absolute atomic E-state index is 11.1. The van der Waals surface area contributed by atoms with Gasteiger partial charge in [-0.15, -0.1) is 0 Å². The van der Waals surface area contributed by atoms with Crippen molar-refractivity contribution in [2.45, 2.75) is 51.9 Å². The number of unbranched alkanes of at least 4 members (excludes halogenated alkanes) is 1. The van der Waals surface area contributed by atoms with Crippen LogP contribution in [0.25, 0.3) is 0 Å². The van der Waals surface area contributed by atoms with Gasteiger partial charge >= 0.3 is 5.97 Å². The summed E-state index contributed by atoms with van der Waals surface area (Å²) < 4.78 is 4.66. The number of hydrogen-bond donors (Lipinski definition) is 1. The fourth-order valence-corrected chi connectivity index (χ4v) is 3.67. The Morgan fingerprint density at radius 3 is 2.50 bits per heavy atom. The summed E-state index contributed by atoms with van der Waals surface area (Å²) in [5.41, 5.74) is 0. The molecule has 1 saturated carbocycles. The van der Waals surface area contributed by atoms with Crippen molar-refractivity contribution in [3.63, 3.8) is 0 Å². The number of hydrogen-bond acceptors (Lipinski definition) is 3. The van der Waals surface area contributed by atoms with Gasteiger partial charge in [0.25, 0.3) is 0 Å². The average molecular weight is 309 g/mol. The van der Waals surface area contributed by atoms with Crippen LogP contribution >= 0.6 is 0 Å². The summed E-state index contributed by atoms with van der Waals surface area (Å²) in [6, 6.07) is 0. The number of aliphatic imine (C=N–C) groups is 1. The first-order valence-electron chi connectivity index (χ1n) is 8.84. The van der Waals surface area contributed by atoms with Crippen molar-refractivity contribution in [2.75, 3.05) is 33.3 Å². The molecular weight excluding hydrogens is 278 g/mol. The summed E-state index contributed by atoms with van der Waals surface area (Å²) in [6.45, 7) is 6.14. The molecule has 1 aliphatic carbocycles. The lowest BCUT2D eigenvalue weighted by Gasteiger charge is -2.22. The molecule has 0 spiro atoms. The van der Waals surface area contributed by atoms with Crippen molar-refractivity contribution in [2.24, 2.45) is 16.8 Å². The molecular formula is C17H31N3O2. The molecule has 2 fully saturated rings. The highest BCUT2D eigenvalue weighted by atomic mass is 16.5. The fraction of sp³-hybridized carbons (Fsp3) is 0.882. The molecule has 0 aromatic carbocycles. The number of fused-ring (bicyclic) bond motifs is 1. The Balaban J connectivity index is 1.78. The molecule has 2 aliphatic rings. The maximum Gasteiger partial charge on any atom is 0.305 e. The van der Waals surface area contributed by atoms with Crippen LogP contribution in [0.3, 0.4) is 0 Å². The first-order chi connectivity index (χ1) is 10.7. The number of nitrogens with one attached hydrogen (secondary N) is 1. The van der Waals surface area contributed by atoms with Crippen molar-refractivity contribution in [1.29, 1.82) is 0 Å². The van der Waals surface area contributed by atoms with Crippen LogP contribution in [0.4, 0.5) is 0 Å². The first-order valence-corrected chi connectivity index (χ1v) is 8.84. The number of carbonyl (C=O) groups excluding carboxylic acids is 1. The van der Waals surface area contributed by atoms with Gasteiger partial charge in [0.15, 0.2) is 5.96 Å². The van der Waals surface area contributed by atoms with E-state index in [1.807, 2.05) is 0 Å². The molecule has 2 rings (SSSR count). The van der Waals surface area contributed by atoms with Crippen LogP contribution in [-0.2, 0) is 9.53 Å². The van der Waals surface area contributed by atoms with E-state index in [2.05, 4.69) is 21.9 Å². The van der Waals surface area contributed by atoms with Crippen LogP contribution in [0.1, 0.15) is 51.9 Å². The van der Waals surface area contributed by atoms with E-state index in [0.29, 0.717) is 6.42 Å². The van der Waals surface area contributed by atoms with Gasteiger partial charge in [-0.2, -0.15) is 0 Å². The van der Waals surface area contributed by atoms with E-state index in [9.17, 15) is 4.79 Å². The van der Waals surface area contributed by atoms with Crippen LogP contribution in [0.5, 0.6) is 0 Å². The third-order valence-corrected chi connectivity index (χ3v) is 4.89. The highest BCUT2D eigenvalue weighted by molar-refractivity contribution is 5.80. The minimum absolute atomic E-state index is 0.125. The predicted molar refractivity (Wildman–Crippen MR) is 88.9 cm³/mol. The third kappa shape index (κ3) is 4.89. The quantitative estimate of drug-likeness (QED) is 0.354. The number of ether oxygens (including phenoxy) is 1. The molecule has 1 aliphatic heterocycles. The summed E-state index contributed by atoms with van der Waals surface area (Å²) in [5.74, 6) is 2.68. The number of rotatable bonds is 6. The molecule has 0 radical (unpaired) electrons. The van der Waals surface area contributed by atoms with E-state index in [-0.39, 0.29) is 5.97 Å². The molecule has 0 bridgehead atoms. The number of likely N-dealkylation sites (tertiary alicyclic amines) is 1. The zero-order valence-corrected chi connectivity index (χ0v) is 14.1. The van der Waals surface area contributed by atoms with E-state index >= 15 is 0 Å². The molecule has 2 unspecified atom stereocenters. The lowest BCUT2D eigenvalue weighted by Crippen LogP contribution is -2.40. The van der Waals surface area contributed by atoms with Gasteiger partial charge in [-0.05, 0) is 44.4 Å². The van der Waals surface area contributed by atoms with Crippen molar-refractivity contribution in [3.8, 4) is 0 Å². The predicted octanol–water partition coefficient (Wildman–Crippen LogP) is 2.42. The van der Waals surface area contributed by atoms with Gasteiger partial charge in [0.1, 0.15) is 0 Å². The average Bonchev–Trinajstić information content (AvgIpc) is 2.97. The highest BCUT2D eigenvalue weighted by Crippen LogP contribution is 2.35. The third-order valence-electron chi connectivity index (χ3n) is 4.89. The summed E-state index contributed by atoms with van der Waals surface area (Å²) in [6.07, 6.45) is 7.85. The summed E-state index contributed by atoms with van der Waals surface area (Å²) >= 11 is 0. The van der Waals surface area contributed by atoms with Gasteiger partial charge in [-0.3, -0.25) is 9.79 Å². The topological polar surface area (TPSA) is 53.9 Å². The van der Waals surface area contributed by atoms with E-state index in [4.69, 9.17) is 4.99 Å². The van der Waals surface area contributed by atoms with Crippen LogP contribution in [0.2, 0.25) is 0 Å². The largest absolute Gasteiger partial charge is 0.469 e. The van der Waals surface area contributed by atoms with Gasteiger partial charge in [0.05, 0.1) is 7.11 Å². The molecule has 22 heavy (non-hydrogen) atoms. The Morgan fingerprint density at radius 2 is 1.91 bits per heavy atom. The molecule has 126 valence electrons. The number of guanidine groups is 1. The fourth-order valence-electron chi connectivity index (χ4n) is 3.67. The van der Waals surface area contributed by atoms with Gasteiger partial charge in [0, 0.05) is 32.6 Å². The zero-order chi connectivity index (χ0) is 15.8. The van der Waals surface area contributed by atoms with Crippen molar-refractivity contribution >= 4 is 11.9 Å². The Hall–Kier alpha value is -1.26. The monoisotopic (exact) mass is 309 g/mol. The Kier molecular flexibility index (Phi) is 7.00. The second-order valence-corrected chi connectivity index (χ2v) is 6.48.